The van der Waals surface area contributed by atoms with Crippen molar-refractivity contribution < 1.29 is 23.8 Å². The monoisotopic (exact) mass is 523 g/mol. The lowest BCUT2D eigenvalue weighted by Crippen LogP contribution is -2.48. The number of likely N-dealkylation sites (tertiary alicyclic amines) is 1. The summed E-state index contributed by atoms with van der Waals surface area (Å²) in [6, 6.07) is 9.14. The highest BCUT2D eigenvalue weighted by molar-refractivity contribution is 5.80. The predicted octanol–water partition coefficient (Wildman–Crippen LogP) is 3.62. The summed E-state index contributed by atoms with van der Waals surface area (Å²) in [5, 5.41) is 14.5. The number of aliphatic hydroxyl groups excluding tert-OH is 1. The molecule has 3 heterocycles. The number of ether oxygens (including phenoxy) is 2. The molecule has 4 aliphatic rings. The summed E-state index contributed by atoms with van der Waals surface area (Å²) in [6.45, 7) is 4.52. The molecule has 204 valence electrons. The van der Waals surface area contributed by atoms with Crippen molar-refractivity contribution in [2.75, 3.05) is 50.8 Å². The van der Waals surface area contributed by atoms with E-state index in [1.165, 1.54) is 35.7 Å². The van der Waals surface area contributed by atoms with Crippen LogP contribution in [0.1, 0.15) is 54.9 Å². The van der Waals surface area contributed by atoms with Crippen molar-refractivity contribution in [3.8, 4) is 11.5 Å². The summed E-state index contributed by atoms with van der Waals surface area (Å²) in [4.78, 5) is 18.1. The molecule has 2 fully saturated rings. The van der Waals surface area contributed by atoms with E-state index in [-0.39, 0.29) is 17.6 Å². The van der Waals surface area contributed by atoms with E-state index in [0.717, 1.165) is 51.7 Å². The van der Waals surface area contributed by atoms with Crippen LogP contribution >= 0.6 is 0 Å². The molecule has 0 bridgehead atoms. The number of nitrogens with one attached hydrogen (secondary N) is 1. The third-order valence-corrected chi connectivity index (χ3v) is 8.58. The molecule has 3 atom stereocenters. The van der Waals surface area contributed by atoms with Crippen LogP contribution in [0.4, 0.5) is 10.1 Å². The molecule has 7 nitrogen and oxygen atoms in total. The van der Waals surface area contributed by atoms with Gasteiger partial charge in [0.25, 0.3) is 0 Å². The number of amides is 1. The van der Waals surface area contributed by atoms with E-state index in [1.807, 2.05) is 0 Å². The molecule has 0 aromatic heterocycles. The molecule has 2 aromatic rings. The van der Waals surface area contributed by atoms with Gasteiger partial charge in [-0.25, -0.2) is 4.39 Å². The van der Waals surface area contributed by atoms with Crippen molar-refractivity contribution in [3.63, 3.8) is 0 Å². The standard InChI is InChI=1S/C30H38FN3O4/c31-25-16-23(17-27-29(25)38-14-13-37-27)28(35)26(19-33-10-3-4-11-33)32-30(36)22-9-12-34(18-22)24-8-7-20-5-1-2-6-21(20)15-24/h7-8,15-17,22,26,28,35H,1-6,9-14,18-19H2,(H,32,36)/t22-,26-,28-/m1/s1. The SMILES string of the molecule is O=C(N[C@H](CN1CCCC1)[C@H](O)c1cc(F)c2c(c1)OCCO2)[C@@H]1CCN(c2ccc3c(c2)CCCC3)C1. The number of anilines is 1. The summed E-state index contributed by atoms with van der Waals surface area (Å²) in [6.07, 6.45) is 6.72. The number of aryl methyl sites for hydroxylation is 2. The van der Waals surface area contributed by atoms with Crippen molar-refractivity contribution in [3.05, 3.63) is 52.8 Å². The van der Waals surface area contributed by atoms with Crippen LogP contribution in [0.25, 0.3) is 0 Å². The van der Waals surface area contributed by atoms with Crippen LogP contribution < -0.4 is 19.7 Å². The molecule has 38 heavy (non-hydrogen) atoms. The van der Waals surface area contributed by atoms with Crippen molar-refractivity contribution >= 4 is 11.6 Å². The molecule has 6 rings (SSSR count). The molecule has 2 aromatic carbocycles. The van der Waals surface area contributed by atoms with Crippen molar-refractivity contribution in [1.82, 2.24) is 10.2 Å². The maximum atomic E-state index is 14.8. The summed E-state index contributed by atoms with van der Waals surface area (Å²) in [5.74, 6) is -0.379. The quantitative estimate of drug-likeness (QED) is 0.578. The van der Waals surface area contributed by atoms with E-state index in [2.05, 4.69) is 33.3 Å². The summed E-state index contributed by atoms with van der Waals surface area (Å²) < 4.78 is 25.7. The molecular formula is C30H38FN3O4. The number of halogens is 1. The van der Waals surface area contributed by atoms with Crippen LogP contribution in [0.15, 0.2) is 30.3 Å². The average Bonchev–Trinajstić information content (AvgIpc) is 3.65. The zero-order valence-electron chi connectivity index (χ0n) is 22.0. The Balaban J connectivity index is 1.16. The van der Waals surface area contributed by atoms with Gasteiger partial charge in [-0.2, -0.15) is 0 Å². The molecule has 3 aliphatic heterocycles. The maximum Gasteiger partial charge on any atom is 0.225 e. The number of rotatable bonds is 7. The fourth-order valence-corrected chi connectivity index (χ4v) is 6.43. The van der Waals surface area contributed by atoms with E-state index >= 15 is 0 Å². The smallest absolute Gasteiger partial charge is 0.225 e. The third kappa shape index (κ3) is 5.34. The lowest BCUT2D eigenvalue weighted by Gasteiger charge is -2.30. The number of nitrogens with zero attached hydrogens (tertiary/aromatic N) is 2. The minimum absolute atomic E-state index is 0.0493. The summed E-state index contributed by atoms with van der Waals surface area (Å²) in [7, 11) is 0. The van der Waals surface area contributed by atoms with Crippen LogP contribution in [0.3, 0.4) is 0 Å². The number of carbonyl (C=O) groups is 1. The minimum atomic E-state index is -1.07. The van der Waals surface area contributed by atoms with Crippen molar-refractivity contribution in [2.45, 2.75) is 57.1 Å². The molecule has 2 saturated heterocycles. The predicted molar refractivity (Wildman–Crippen MR) is 143 cm³/mol. The van der Waals surface area contributed by atoms with Gasteiger partial charge in [0.2, 0.25) is 5.91 Å². The Morgan fingerprint density at radius 3 is 2.66 bits per heavy atom. The van der Waals surface area contributed by atoms with Crippen molar-refractivity contribution in [1.29, 1.82) is 0 Å². The van der Waals surface area contributed by atoms with Crippen LogP contribution in [0.2, 0.25) is 0 Å². The fourth-order valence-electron chi connectivity index (χ4n) is 6.43. The topological polar surface area (TPSA) is 74.3 Å². The molecule has 8 heteroatoms. The Hall–Kier alpha value is -2.84. The molecular weight excluding hydrogens is 485 g/mol. The van der Waals surface area contributed by atoms with Gasteiger partial charge in [-0.3, -0.25) is 4.79 Å². The molecule has 2 N–H and O–H groups in total. The van der Waals surface area contributed by atoms with Gasteiger partial charge < -0.3 is 29.7 Å². The molecule has 0 saturated carbocycles. The molecule has 0 spiro atoms. The number of hydrogen-bond acceptors (Lipinski definition) is 6. The molecule has 1 aliphatic carbocycles. The molecule has 0 unspecified atom stereocenters. The lowest BCUT2D eigenvalue weighted by molar-refractivity contribution is -0.126. The van der Waals surface area contributed by atoms with Crippen LogP contribution in [-0.2, 0) is 17.6 Å². The van der Waals surface area contributed by atoms with E-state index in [0.29, 0.717) is 37.6 Å². The van der Waals surface area contributed by atoms with Gasteiger partial charge in [-0.05, 0) is 99.0 Å². The van der Waals surface area contributed by atoms with E-state index < -0.39 is 18.0 Å². The highest BCUT2D eigenvalue weighted by atomic mass is 19.1. The third-order valence-electron chi connectivity index (χ3n) is 8.58. The zero-order chi connectivity index (χ0) is 26.1. The van der Waals surface area contributed by atoms with Gasteiger partial charge in [-0.15, -0.1) is 0 Å². The first-order valence-electron chi connectivity index (χ1n) is 14.2. The van der Waals surface area contributed by atoms with Gasteiger partial charge in [-0.1, -0.05) is 6.07 Å². The Morgan fingerprint density at radius 1 is 1.03 bits per heavy atom. The van der Waals surface area contributed by atoms with Gasteiger partial charge >= 0.3 is 0 Å². The number of hydrogen-bond donors (Lipinski definition) is 2. The number of aliphatic hydroxyl groups is 1. The first-order valence-corrected chi connectivity index (χ1v) is 14.2. The van der Waals surface area contributed by atoms with Gasteiger partial charge in [0.15, 0.2) is 17.3 Å². The van der Waals surface area contributed by atoms with Gasteiger partial charge in [0.1, 0.15) is 19.3 Å². The van der Waals surface area contributed by atoms with E-state index in [1.54, 1.807) is 6.07 Å². The fraction of sp³-hybridized carbons (Fsp3) is 0.567. The lowest BCUT2D eigenvalue weighted by atomic mass is 9.91. The second kappa shape index (κ2) is 11.1. The second-order valence-electron chi connectivity index (χ2n) is 11.2. The number of carbonyl (C=O) groups excluding carboxylic acids is 1. The highest BCUT2D eigenvalue weighted by Crippen LogP contribution is 2.37. The Morgan fingerprint density at radius 2 is 1.82 bits per heavy atom. The first kappa shape index (κ1) is 25.4. The first-order chi connectivity index (χ1) is 18.5. The average molecular weight is 524 g/mol. The summed E-state index contributed by atoms with van der Waals surface area (Å²) >= 11 is 0. The largest absolute Gasteiger partial charge is 0.486 e. The van der Waals surface area contributed by atoms with Gasteiger partial charge in [0, 0.05) is 25.3 Å². The van der Waals surface area contributed by atoms with Gasteiger partial charge in [0.05, 0.1) is 12.0 Å². The Bertz CT molecular complexity index is 1170. The minimum Gasteiger partial charge on any atom is -0.486 e. The van der Waals surface area contributed by atoms with E-state index in [9.17, 15) is 14.3 Å². The Kier molecular flexibility index (Phi) is 7.43. The maximum absolute atomic E-state index is 14.8. The Labute approximate surface area is 223 Å². The zero-order valence-corrected chi connectivity index (χ0v) is 22.0. The van der Waals surface area contributed by atoms with Crippen LogP contribution in [0, 0.1) is 11.7 Å². The summed E-state index contributed by atoms with van der Waals surface area (Å²) in [5.41, 5.74) is 4.49. The second-order valence-corrected chi connectivity index (χ2v) is 11.2. The number of benzene rings is 2. The van der Waals surface area contributed by atoms with Crippen molar-refractivity contribution in [2.24, 2.45) is 5.92 Å². The van der Waals surface area contributed by atoms with Crippen LogP contribution in [-0.4, -0.2) is 67.9 Å². The van der Waals surface area contributed by atoms with E-state index in [4.69, 9.17) is 9.47 Å². The molecule has 1 amide bonds. The normalized spacial score (nSPS) is 22.7. The number of fused-ring (bicyclic) bond motifs is 2. The van der Waals surface area contributed by atoms with Crippen LogP contribution in [0.5, 0.6) is 11.5 Å². The molecule has 0 radical (unpaired) electrons. The highest BCUT2D eigenvalue weighted by Gasteiger charge is 2.34.